The lowest BCUT2D eigenvalue weighted by molar-refractivity contribution is -0.390. The van der Waals surface area contributed by atoms with Crippen LogP contribution in [0.15, 0.2) is 6.07 Å². The minimum absolute atomic E-state index is 0.358. The Morgan fingerprint density at radius 2 is 1.85 bits per heavy atom. The zero-order chi connectivity index (χ0) is 10.2. The number of benzene rings is 1. The van der Waals surface area contributed by atoms with Crippen LogP contribution in [0, 0.1) is 27.6 Å². The molecule has 1 aromatic rings. The van der Waals surface area contributed by atoms with Gasteiger partial charge in [0.05, 0.1) is 10.6 Å². The highest BCUT2D eigenvalue weighted by Gasteiger charge is 2.26. The maximum Gasteiger partial charge on any atom is 0.343 e. The molecule has 1 aromatic carbocycles. The molecule has 0 unspecified atom stereocenters. The molecule has 0 atom stereocenters. The van der Waals surface area contributed by atoms with Crippen molar-refractivity contribution in [1.82, 2.24) is 0 Å². The standard InChI is InChI=1S/C6H3F3N2O2/c7-2-1-3(10)4(8)5(9)6(2)11(12)13/h1H,10H2. The Morgan fingerprint density at radius 1 is 1.31 bits per heavy atom. The van der Waals surface area contributed by atoms with Crippen molar-refractivity contribution in [2.24, 2.45) is 0 Å². The first kappa shape index (κ1) is 9.30. The Hall–Kier alpha value is -1.79. The third-order valence-corrected chi connectivity index (χ3v) is 1.35. The average Bonchev–Trinajstić information content (AvgIpc) is 1.99. The highest BCUT2D eigenvalue weighted by molar-refractivity contribution is 5.48. The molecule has 2 N–H and O–H groups in total. The van der Waals surface area contributed by atoms with Gasteiger partial charge in [-0.3, -0.25) is 10.1 Å². The Balaban J connectivity index is 3.53. The van der Waals surface area contributed by atoms with Crippen molar-refractivity contribution in [2.75, 3.05) is 5.73 Å². The van der Waals surface area contributed by atoms with E-state index in [1.807, 2.05) is 0 Å². The number of hydrogen-bond donors (Lipinski definition) is 1. The number of nitrogens with two attached hydrogens (primary N) is 1. The fourth-order valence-corrected chi connectivity index (χ4v) is 0.771. The summed E-state index contributed by atoms with van der Waals surface area (Å²) in [6.45, 7) is 0. The minimum atomic E-state index is -1.89. The molecule has 70 valence electrons. The van der Waals surface area contributed by atoms with E-state index in [9.17, 15) is 23.3 Å². The van der Waals surface area contributed by atoms with Crippen LogP contribution in [0.4, 0.5) is 24.5 Å². The van der Waals surface area contributed by atoms with E-state index in [0.29, 0.717) is 6.07 Å². The largest absolute Gasteiger partial charge is 0.396 e. The van der Waals surface area contributed by atoms with Crippen LogP contribution >= 0.6 is 0 Å². The third-order valence-electron chi connectivity index (χ3n) is 1.35. The van der Waals surface area contributed by atoms with Crippen LogP contribution in [0.1, 0.15) is 0 Å². The molecule has 0 radical (unpaired) electrons. The Kier molecular flexibility index (Phi) is 2.09. The zero-order valence-corrected chi connectivity index (χ0v) is 6.05. The molecule has 0 aliphatic heterocycles. The first-order chi connectivity index (χ1) is 5.95. The predicted molar refractivity (Wildman–Crippen MR) is 37.4 cm³/mol. The molecule has 0 fully saturated rings. The van der Waals surface area contributed by atoms with E-state index >= 15 is 0 Å². The van der Waals surface area contributed by atoms with Gasteiger partial charge in [-0.1, -0.05) is 0 Å². The summed E-state index contributed by atoms with van der Waals surface area (Å²) < 4.78 is 37.8. The highest BCUT2D eigenvalue weighted by atomic mass is 19.2. The number of nitrogen functional groups attached to an aromatic ring is 1. The second kappa shape index (κ2) is 2.92. The lowest BCUT2D eigenvalue weighted by Gasteiger charge is -1.99. The van der Waals surface area contributed by atoms with E-state index < -0.39 is 33.7 Å². The second-order valence-corrected chi connectivity index (χ2v) is 2.18. The molecule has 13 heavy (non-hydrogen) atoms. The van der Waals surface area contributed by atoms with Crippen LogP contribution in [0.3, 0.4) is 0 Å². The Bertz CT molecular complexity index is 381. The smallest absolute Gasteiger partial charge is 0.343 e. The first-order valence-corrected chi connectivity index (χ1v) is 3.02. The molecule has 0 aliphatic carbocycles. The molecule has 1 rings (SSSR count). The fourth-order valence-electron chi connectivity index (χ4n) is 0.771. The molecule has 0 bridgehead atoms. The van der Waals surface area contributed by atoms with Crippen LogP contribution < -0.4 is 5.73 Å². The van der Waals surface area contributed by atoms with Crippen LogP contribution in [0.5, 0.6) is 0 Å². The number of rotatable bonds is 1. The first-order valence-electron chi connectivity index (χ1n) is 3.02. The highest BCUT2D eigenvalue weighted by Crippen LogP contribution is 2.27. The summed E-state index contributed by atoms with van der Waals surface area (Å²) in [6.07, 6.45) is 0. The minimum Gasteiger partial charge on any atom is -0.396 e. The topological polar surface area (TPSA) is 69.2 Å². The van der Waals surface area contributed by atoms with E-state index in [1.54, 1.807) is 0 Å². The quantitative estimate of drug-likeness (QED) is 0.318. The van der Waals surface area contributed by atoms with E-state index in [1.165, 1.54) is 0 Å². The summed E-state index contributed by atoms with van der Waals surface area (Å²) in [5.74, 6) is -5.00. The number of nitro benzene ring substituents is 1. The van der Waals surface area contributed by atoms with Crippen molar-refractivity contribution in [1.29, 1.82) is 0 Å². The van der Waals surface area contributed by atoms with Crippen molar-refractivity contribution in [3.05, 3.63) is 33.6 Å². The molecular formula is C6H3F3N2O2. The summed E-state index contributed by atoms with van der Waals surface area (Å²) in [5, 5.41) is 10.0. The molecule has 0 aliphatic rings. The van der Waals surface area contributed by atoms with Crippen molar-refractivity contribution >= 4 is 11.4 Å². The molecule has 4 nitrogen and oxygen atoms in total. The lowest BCUT2D eigenvalue weighted by atomic mass is 10.2. The van der Waals surface area contributed by atoms with Gasteiger partial charge in [-0.25, -0.2) is 4.39 Å². The van der Waals surface area contributed by atoms with Gasteiger partial charge in [0.2, 0.25) is 11.6 Å². The Morgan fingerprint density at radius 3 is 2.31 bits per heavy atom. The van der Waals surface area contributed by atoms with Crippen LogP contribution in [0.2, 0.25) is 0 Å². The third kappa shape index (κ3) is 1.40. The number of nitrogens with zero attached hydrogens (tertiary/aromatic N) is 1. The van der Waals surface area contributed by atoms with E-state index in [-0.39, 0.29) is 0 Å². The molecule has 0 aromatic heterocycles. The van der Waals surface area contributed by atoms with Gasteiger partial charge in [-0.15, -0.1) is 0 Å². The van der Waals surface area contributed by atoms with Gasteiger partial charge in [0.15, 0.2) is 5.82 Å². The maximum absolute atomic E-state index is 12.6. The summed E-state index contributed by atoms with van der Waals surface area (Å²) >= 11 is 0. The van der Waals surface area contributed by atoms with Gasteiger partial charge in [-0.05, 0) is 0 Å². The second-order valence-electron chi connectivity index (χ2n) is 2.18. The molecular weight excluding hydrogens is 189 g/mol. The summed E-state index contributed by atoms with van der Waals surface area (Å²) in [4.78, 5) is 8.67. The fraction of sp³-hybridized carbons (Fsp3) is 0. The average molecular weight is 192 g/mol. The van der Waals surface area contributed by atoms with Gasteiger partial charge in [0.25, 0.3) is 0 Å². The van der Waals surface area contributed by atoms with Crippen LogP contribution in [0.25, 0.3) is 0 Å². The van der Waals surface area contributed by atoms with Gasteiger partial charge >= 0.3 is 5.69 Å². The van der Waals surface area contributed by atoms with Crippen LogP contribution in [-0.2, 0) is 0 Å². The van der Waals surface area contributed by atoms with Crippen molar-refractivity contribution in [2.45, 2.75) is 0 Å². The summed E-state index contributed by atoms with van der Waals surface area (Å²) in [7, 11) is 0. The monoisotopic (exact) mass is 192 g/mol. The van der Waals surface area contributed by atoms with Crippen molar-refractivity contribution in [3.63, 3.8) is 0 Å². The van der Waals surface area contributed by atoms with Crippen molar-refractivity contribution < 1.29 is 18.1 Å². The molecule has 0 saturated carbocycles. The van der Waals surface area contributed by atoms with E-state index in [2.05, 4.69) is 0 Å². The SMILES string of the molecule is Nc1cc(F)c([N+](=O)[O-])c(F)c1F. The molecule has 0 saturated heterocycles. The predicted octanol–water partition coefficient (Wildman–Crippen LogP) is 1.59. The van der Waals surface area contributed by atoms with E-state index in [4.69, 9.17) is 5.73 Å². The summed E-state index contributed by atoms with van der Waals surface area (Å²) in [6, 6.07) is 0.358. The number of nitro groups is 1. The van der Waals surface area contributed by atoms with Gasteiger partial charge < -0.3 is 5.73 Å². The number of anilines is 1. The number of hydrogen-bond acceptors (Lipinski definition) is 3. The summed E-state index contributed by atoms with van der Waals surface area (Å²) in [5.41, 5.74) is 2.47. The van der Waals surface area contributed by atoms with Crippen molar-refractivity contribution in [3.8, 4) is 0 Å². The molecule has 0 heterocycles. The maximum atomic E-state index is 12.6. The van der Waals surface area contributed by atoms with Gasteiger partial charge in [0, 0.05) is 6.07 Å². The van der Waals surface area contributed by atoms with Gasteiger partial charge in [-0.2, -0.15) is 8.78 Å². The van der Waals surface area contributed by atoms with Gasteiger partial charge in [0.1, 0.15) is 0 Å². The molecule has 7 heteroatoms. The Labute approximate surface area is 69.9 Å². The molecule has 0 amide bonds. The van der Waals surface area contributed by atoms with Crippen LogP contribution in [-0.4, -0.2) is 4.92 Å². The lowest BCUT2D eigenvalue weighted by Crippen LogP contribution is -2.03. The number of halogens is 3. The molecule has 0 spiro atoms. The normalized spacial score (nSPS) is 10.1. The van der Waals surface area contributed by atoms with E-state index in [0.717, 1.165) is 0 Å². The zero-order valence-electron chi connectivity index (χ0n) is 6.05.